The second-order valence-electron chi connectivity index (χ2n) is 4.06. The van der Waals surface area contributed by atoms with Gasteiger partial charge in [0.2, 0.25) is 0 Å². The maximum absolute atomic E-state index is 11.6. The van der Waals surface area contributed by atoms with Crippen molar-refractivity contribution in [2.24, 2.45) is 0 Å². The molecule has 4 nitrogen and oxygen atoms in total. The first-order valence-electron chi connectivity index (χ1n) is 5.39. The zero-order valence-corrected chi connectivity index (χ0v) is 11.2. The van der Waals surface area contributed by atoms with E-state index >= 15 is 0 Å². The van der Waals surface area contributed by atoms with Crippen LogP contribution >= 0.6 is 11.6 Å². The molecule has 2 aromatic rings. The monoisotopic (exact) mass is 279 g/mol. The summed E-state index contributed by atoms with van der Waals surface area (Å²) in [6.45, 7) is 0. The molecule has 0 amide bonds. The lowest BCUT2D eigenvalue weighted by Gasteiger charge is -2.03. The molecule has 1 aromatic heterocycles. The summed E-state index contributed by atoms with van der Waals surface area (Å²) in [5, 5.41) is 9.24. The van der Waals surface area contributed by atoms with E-state index in [4.69, 9.17) is 11.6 Å². The van der Waals surface area contributed by atoms with E-state index < -0.39 is 11.2 Å². The minimum Gasteiger partial charge on any atom is -0.609 e. The Bertz CT molecular complexity index is 636. The fraction of sp³-hybridized carbons (Fsp3) is 0.167. The molecule has 6 heteroatoms. The number of fused-ring (bicyclic) bond motifs is 2. The van der Waals surface area contributed by atoms with Crippen LogP contribution in [0, 0.1) is 0 Å². The smallest absolute Gasteiger partial charge is 0.347 e. The Morgan fingerprint density at radius 2 is 2.22 bits per heavy atom. The minimum atomic E-state index is -1.15. The zero-order valence-electron chi connectivity index (χ0n) is 9.63. The van der Waals surface area contributed by atoms with Gasteiger partial charge < -0.3 is 4.55 Å². The number of halogens is 1. The number of nitrogens with zero attached hydrogens (tertiary/aromatic N) is 3. The van der Waals surface area contributed by atoms with Crippen molar-refractivity contribution >= 4 is 35.1 Å². The van der Waals surface area contributed by atoms with Crippen LogP contribution in [-0.4, -0.2) is 25.6 Å². The molecule has 0 N–H and O–H groups in total. The van der Waals surface area contributed by atoms with E-state index in [1.54, 1.807) is 10.8 Å². The number of hydrogen-bond acceptors (Lipinski definition) is 3. The number of benzene rings is 1. The molecule has 1 atom stereocenters. The molecule has 0 fully saturated rings. The lowest BCUT2D eigenvalue weighted by atomic mass is 10.1. The Hall–Kier alpha value is -1.30. The molecule has 2 heterocycles. The first-order chi connectivity index (χ1) is 8.65. The molecule has 92 valence electrons. The Labute approximate surface area is 112 Å². The first kappa shape index (κ1) is 11.8. The van der Waals surface area contributed by atoms with Crippen molar-refractivity contribution < 1.29 is 4.55 Å². The van der Waals surface area contributed by atoms with Gasteiger partial charge in [0.05, 0.1) is 0 Å². The van der Waals surface area contributed by atoms with Gasteiger partial charge in [0.25, 0.3) is 0 Å². The third kappa shape index (κ3) is 1.94. The van der Waals surface area contributed by atoms with Crippen molar-refractivity contribution in [3.05, 3.63) is 40.2 Å². The van der Waals surface area contributed by atoms with Gasteiger partial charge in [0.15, 0.2) is 0 Å². The van der Waals surface area contributed by atoms with E-state index in [1.165, 1.54) is 0 Å². The molecule has 1 unspecified atom stereocenters. The quantitative estimate of drug-likeness (QED) is 0.642. The molecule has 3 rings (SSSR count). The van der Waals surface area contributed by atoms with E-state index in [2.05, 4.69) is 10.2 Å². The molecular weight excluding hydrogens is 270 g/mol. The van der Waals surface area contributed by atoms with Gasteiger partial charge in [0, 0.05) is 28.8 Å². The highest BCUT2D eigenvalue weighted by Gasteiger charge is 2.20. The number of hydrogen-bond donors (Lipinski definition) is 0. The van der Waals surface area contributed by atoms with Gasteiger partial charge in [-0.05, 0) is 29.3 Å². The van der Waals surface area contributed by atoms with E-state index in [-0.39, 0.29) is 0 Å². The predicted octanol–water partition coefficient (Wildman–Crippen LogP) is 2.20. The average Bonchev–Trinajstić information content (AvgIpc) is 2.64. The van der Waals surface area contributed by atoms with Crippen LogP contribution in [0.25, 0.3) is 12.3 Å². The summed E-state index contributed by atoms with van der Waals surface area (Å²) >= 11 is 4.83. The summed E-state index contributed by atoms with van der Waals surface area (Å²) in [5.74, 6) is 0.789. The molecule has 0 aliphatic carbocycles. The van der Waals surface area contributed by atoms with Crippen LogP contribution in [-0.2, 0) is 17.6 Å². The van der Waals surface area contributed by atoms with Crippen LogP contribution in [0.3, 0.4) is 0 Å². The summed E-state index contributed by atoms with van der Waals surface area (Å²) in [4.78, 5) is 0. The van der Waals surface area contributed by atoms with Crippen molar-refractivity contribution in [2.45, 2.75) is 11.6 Å². The number of rotatable bonds is 1. The molecule has 0 saturated carbocycles. The molecule has 1 aliphatic rings. The average molecular weight is 280 g/mol. The van der Waals surface area contributed by atoms with Crippen molar-refractivity contribution in [1.29, 1.82) is 0 Å². The van der Waals surface area contributed by atoms with Gasteiger partial charge in [-0.2, -0.15) is 0 Å². The van der Waals surface area contributed by atoms with Crippen molar-refractivity contribution in [2.75, 3.05) is 6.26 Å². The Morgan fingerprint density at radius 3 is 3.00 bits per heavy atom. The van der Waals surface area contributed by atoms with Crippen molar-refractivity contribution in [1.82, 2.24) is 14.8 Å². The van der Waals surface area contributed by atoms with E-state index in [1.807, 2.05) is 30.5 Å². The summed E-state index contributed by atoms with van der Waals surface area (Å²) < 4.78 is 13.3. The Balaban J connectivity index is 2.12. The molecular formula is C12H10ClN3OS. The minimum absolute atomic E-state index is 0.472. The Kier molecular flexibility index (Phi) is 2.89. The molecule has 0 spiro atoms. The molecule has 0 bridgehead atoms. The summed E-state index contributed by atoms with van der Waals surface area (Å²) in [5.41, 5.74) is 2.19. The van der Waals surface area contributed by atoms with Crippen LogP contribution in [0.15, 0.2) is 23.4 Å². The van der Waals surface area contributed by atoms with Crippen LogP contribution in [0.1, 0.15) is 17.0 Å². The number of aromatic nitrogens is 3. The summed E-state index contributed by atoms with van der Waals surface area (Å²) in [6, 6.07) is 5.75. The standard InChI is InChI=1S/C12H10ClN3OS/c1-18(17)12-15-14-11-7-8-2-3-10(13)6-9(8)4-5-16(11)12/h2-6H,7H2,1H3. The molecule has 18 heavy (non-hydrogen) atoms. The highest BCUT2D eigenvalue weighted by atomic mass is 35.5. The van der Waals surface area contributed by atoms with Crippen LogP contribution < -0.4 is 0 Å². The van der Waals surface area contributed by atoms with E-state index in [0.29, 0.717) is 16.6 Å². The van der Waals surface area contributed by atoms with Crippen LogP contribution in [0.5, 0.6) is 0 Å². The van der Waals surface area contributed by atoms with Crippen LogP contribution in [0.2, 0.25) is 5.02 Å². The van der Waals surface area contributed by atoms with Crippen molar-refractivity contribution in [3.63, 3.8) is 0 Å². The van der Waals surface area contributed by atoms with Gasteiger partial charge in [-0.3, -0.25) is 0 Å². The van der Waals surface area contributed by atoms with Gasteiger partial charge in [-0.15, -0.1) is 5.10 Å². The fourth-order valence-electron chi connectivity index (χ4n) is 1.98. The molecule has 1 aromatic carbocycles. The van der Waals surface area contributed by atoms with E-state index in [0.717, 1.165) is 17.0 Å². The molecule has 0 saturated heterocycles. The lowest BCUT2D eigenvalue weighted by Crippen LogP contribution is -2.06. The van der Waals surface area contributed by atoms with Gasteiger partial charge in [-0.1, -0.05) is 22.8 Å². The second-order valence-corrected chi connectivity index (χ2v) is 5.77. The highest BCUT2D eigenvalue weighted by Crippen LogP contribution is 2.24. The largest absolute Gasteiger partial charge is 0.609 e. The van der Waals surface area contributed by atoms with Gasteiger partial charge in [0.1, 0.15) is 12.1 Å². The maximum atomic E-state index is 11.6. The Morgan fingerprint density at radius 1 is 1.39 bits per heavy atom. The summed E-state index contributed by atoms with van der Waals surface area (Å²) in [7, 11) is 0. The fourth-order valence-corrected chi connectivity index (χ4v) is 2.76. The van der Waals surface area contributed by atoms with Crippen molar-refractivity contribution in [3.8, 4) is 0 Å². The van der Waals surface area contributed by atoms with E-state index in [9.17, 15) is 4.55 Å². The zero-order chi connectivity index (χ0) is 12.7. The highest BCUT2D eigenvalue weighted by molar-refractivity contribution is 7.90. The first-order valence-corrected chi connectivity index (χ1v) is 7.32. The van der Waals surface area contributed by atoms with Gasteiger partial charge in [-0.25, -0.2) is 4.57 Å². The third-order valence-corrected chi connectivity index (χ3v) is 3.88. The molecule has 0 radical (unpaired) electrons. The maximum Gasteiger partial charge on any atom is 0.347 e. The SMILES string of the molecule is C[S+]([O-])c1nnc2n1C=Cc1cc(Cl)ccc1C2. The topological polar surface area (TPSA) is 53.8 Å². The normalized spacial score (nSPS) is 14.8. The third-order valence-electron chi connectivity index (χ3n) is 2.85. The summed E-state index contributed by atoms with van der Waals surface area (Å²) in [6.07, 6.45) is 6.04. The molecule has 1 aliphatic heterocycles. The van der Waals surface area contributed by atoms with Crippen LogP contribution in [0.4, 0.5) is 0 Å². The second kappa shape index (κ2) is 4.42. The lowest BCUT2D eigenvalue weighted by molar-refractivity contribution is 0.589. The van der Waals surface area contributed by atoms with Gasteiger partial charge >= 0.3 is 5.16 Å². The predicted molar refractivity (Wildman–Crippen MR) is 71.8 cm³/mol.